The summed E-state index contributed by atoms with van der Waals surface area (Å²) >= 11 is 0. The number of rotatable bonds is 7. The zero-order chi connectivity index (χ0) is 28.6. The molecular weight excluding hydrogens is 514 g/mol. The highest BCUT2D eigenvalue weighted by molar-refractivity contribution is 5.83. The number of ether oxygens (including phenoxy) is 1. The molecule has 1 fully saturated rings. The van der Waals surface area contributed by atoms with E-state index in [9.17, 15) is 31.9 Å². The van der Waals surface area contributed by atoms with Crippen LogP contribution >= 0.6 is 0 Å². The van der Waals surface area contributed by atoms with Crippen molar-refractivity contribution in [1.29, 1.82) is 0 Å². The summed E-state index contributed by atoms with van der Waals surface area (Å²) in [6.07, 6.45) is -4.08. The molecule has 208 valence electrons. The molecule has 1 aromatic heterocycles. The number of carbonyl (C=O) groups is 3. The van der Waals surface area contributed by atoms with Crippen molar-refractivity contribution < 1.29 is 41.8 Å². The average molecular weight is 544 g/mol. The number of carbonyl (C=O) groups excluding carboxylic acids is 2. The van der Waals surface area contributed by atoms with Gasteiger partial charge in [-0.2, -0.15) is 13.2 Å². The van der Waals surface area contributed by atoms with Crippen LogP contribution in [0.4, 0.5) is 17.6 Å². The van der Waals surface area contributed by atoms with Gasteiger partial charge in [-0.3, -0.25) is 14.4 Å². The zero-order valence-corrected chi connectivity index (χ0v) is 20.8. The van der Waals surface area contributed by atoms with Gasteiger partial charge in [0.25, 0.3) is 5.56 Å². The Labute approximate surface area is 215 Å². The molecule has 2 aromatic rings. The maximum atomic E-state index is 13.4. The first-order valence-electron chi connectivity index (χ1n) is 11.7. The Morgan fingerprint density at radius 1 is 1.13 bits per heavy atom. The lowest BCUT2D eigenvalue weighted by Crippen LogP contribution is -2.45. The van der Waals surface area contributed by atoms with E-state index in [2.05, 4.69) is 0 Å². The number of hydrogen-bond acceptors (Lipinski definition) is 6. The fraction of sp³-hybridized carbons (Fsp3) is 0.440. The molecule has 3 N–H and O–H groups in total. The van der Waals surface area contributed by atoms with Gasteiger partial charge in [-0.1, -0.05) is 31.2 Å². The number of nitrogens with zero attached hydrogens (tertiary/aromatic N) is 2. The SMILES string of the molecule is CCOC(=O)Cn1cc(-c2ccc([C@H](C)[C@H](N)C(=O)N3CC[C@H](F)C3)cc2)ccc1=O.O=C(O)C(F)(F)F. The minimum absolute atomic E-state index is 0.111. The Morgan fingerprint density at radius 3 is 2.21 bits per heavy atom. The van der Waals surface area contributed by atoms with Crippen LogP contribution in [-0.2, 0) is 25.7 Å². The Morgan fingerprint density at radius 2 is 1.71 bits per heavy atom. The maximum absolute atomic E-state index is 13.4. The molecular formula is C25H29F4N3O6. The van der Waals surface area contributed by atoms with Crippen molar-refractivity contribution in [3.05, 3.63) is 58.5 Å². The first kappa shape index (κ1) is 30.5. The van der Waals surface area contributed by atoms with Gasteiger partial charge in [0.1, 0.15) is 12.7 Å². The van der Waals surface area contributed by atoms with Gasteiger partial charge >= 0.3 is 18.1 Å². The Balaban J connectivity index is 0.000000638. The van der Waals surface area contributed by atoms with Crippen LogP contribution in [0, 0.1) is 0 Å². The lowest BCUT2D eigenvalue weighted by Gasteiger charge is -2.25. The zero-order valence-electron chi connectivity index (χ0n) is 20.8. The minimum atomic E-state index is -5.08. The van der Waals surface area contributed by atoms with Crippen molar-refractivity contribution in [3.8, 4) is 11.1 Å². The van der Waals surface area contributed by atoms with Crippen LogP contribution in [0.5, 0.6) is 0 Å². The molecule has 0 aliphatic carbocycles. The number of nitrogens with two attached hydrogens (primary N) is 1. The topological polar surface area (TPSA) is 132 Å². The smallest absolute Gasteiger partial charge is 0.475 e. The van der Waals surface area contributed by atoms with Crippen LogP contribution in [0.15, 0.2) is 47.4 Å². The third-order valence-electron chi connectivity index (χ3n) is 5.87. The number of amides is 1. The van der Waals surface area contributed by atoms with Crippen molar-refractivity contribution in [1.82, 2.24) is 9.47 Å². The summed E-state index contributed by atoms with van der Waals surface area (Å²) in [5.41, 5.74) is 8.41. The third-order valence-corrected chi connectivity index (χ3v) is 5.87. The number of pyridine rings is 1. The normalized spacial score (nSPS) is 16.7. The van der Waals surface area contributed by atoms with Crippen molar-refractivity contribution in [2.75, 3.05) is 19.7 Å². The van der Waals surface area contributed by atoms with Crippen molar-refractivity contribution >= 4 is 17.8 Å². The fourth-order valence-electron chi connectivity index (χ4n) is 3.70. The number of aromatic nitrogens is 1. The number of halogens is 4. The molecule has 0 unspecified atom stereocenters. The average Bonchev–Trinajstić information content (AvgIpc) is 3.30. The molecule has 1 aromatic carbocycles. The molecule has 3 atom stereocenters. The van der Waals surface area contributed by atoms with Crippen molar-refractivity contribution in [2.45, 2.75) is 51.1 Å². The Hall–Kier alpha value is -3.74. The van der Waals surface area contributed by atoms with E-state index >= 15 is 0 Å². The second-order valence-corrected chi connectivity index (χ2v) is 8.60. The predicted molar refractivity (Wildman–Crippen MR) is 129 cm³/mol. The molecule has 1 aliphatic heterocycles. The monoisotopic (exact) mass is 543 g/mol. The van der Waals surface area contributed by atoms with Crippen molar-refractivity contribution in [2.24, 2.45) is 5.73 Å². The molecule has 3 rings (SSSR count). The molecule has 1 saturated heterocycles. The number of alkyl halides is 4. The summed E-state index contributed by atoms with van der Waals surface area (Å²) in [7, 11) is 0. The highest BCUT2D eigenvalue weighted by Crippen LogP contribution is 2.25. The van der Waals surface area contributed by atoms with E-state index in [1.807, 2.05) is 31.2 Å². The van der Waals surface area contributed by atoms with Crippen LogP contribution < -0.4 is 11.3 Å². The van der Waals surface area contributed by atoms with E-state index in [0.717, 1.165) is 16.7 Å². The summed E-state index contributed by atoms with van der Waals surface area (Å²) in [4.78, 5) is 46.7. The number of carboxylic acids is 1. The number of likely N-dealkylation sites (tertiary alicyclic amines) is 1. The van der Waals surface area contributed by atoms with Crippen LogP contribution in [0.1, 0.15) is 31.7 Å². The van der Waals surface area contributed by atoms with Gasteiger partial charge in [-0.25, -0.2) is 9.18 Å². The minimum Gasteiger partial charge on any atom is -0.475 e. The molecule has 38 heavy (non-hydrogen) atoms. The lowest BCUT2D eigenvalue weighted by atomic mass is 9.91. The number of esters is 1. The van der Waals surface area contributed by atoms with Gasteiger partial charge in [0.05, 0.1) is 19.2 Å². The first-order chi connectivity index (χ1) is 17.7. The van der Waals surface area contributed by atoms with Gasteiger partial charge in [0.2, 0.25) is 5.91 Å². The number of benzene rings is 1. The Kier molecular flexibility index (Phi) is 10.6. The molecule has 13 heteroatoms. The number of hydrogen-bond donors (Lipinski definition) is 2. The molecule has 1 amide bonds. The van der Waals surface area contributed by atoms with Gasteiger partial charge in [0.15, 0.2) is 0 Å². The second-order valence-electron chi connectivity index (χ2n) is 8.60. The summed E-state index contributed by atoms with van der Waals surface area (Å²) in [5, 5.41) is 7.12. The fourth-order valence-corrected chi connectivity index (χ4v) is 3.70. The molecule has 9 nitrogen and oxygen atoms in total. The van der Waals surface area contributed by atoms with E-state index in [-0.39, 0.29) is 37.1 Å². The standard InChI is InChI=1S/C23H28FN3O4.C2HF3O2/c1-3-31-21(29)14-27-12-18(8-9-20(27)28)17-6-4-16(5-7-17)15(2)22(25)23(30)26-11-10-19(24)13-26;3-2(4,5)1(6)7/h4-9,12,15,19,22H,3,10-11,13-14,25H2,1-2H3;(H,6,7)/t15-,19-,22-;/m0./s1. The van der Waals surface area contributed by atoms with Gasteiger partial charge in [-0.15, -0.1) is 0 Å². The Bertz CT molecular complexity index is 1180. The van der Waals surface area contributed by atoms with Crippen LogP contribution in [-0.4, -0.2) is 70.5 Å². The van der Waals surface area contributed by atoms with Crippen LogP contribution in [0.3, 0.4) is 0 Å². The van der Waals surface area contributed by atoms with Crippen LogP contribution in [0.2, 0.25) is 0 Å². The third kappa shape index (κ3) is 8.40. The largest absolute Gasteiger partial charge is 0.490 e. The summed E-state index contributed by atoms with van der Waals surface area (Å²) in [6, 6.07) is 9.89. The molecule has 0 bridgehead atoms. The molecule has 2 heterocycles. The second kappa shape index (κ2) is 13.2. The molecule has 0 radical (unpaired) electrons. The first-order valence-corrected chi connectivity index (χ1v) is 11.7. The number of carboxylic acid groups (broad SMARTS) is 1. The van der Waals surface area contributed by atoms with Crippen LogP contribution in [0.25, 0.3) is 11.1 Å². The molecule has 0 saturated carbocycles. The van der Waals surface area contributed by atoms with E-state index in [4.69, 9.17) is 20.4 Å². The van der Waals surface area contributed by atoms with E-state index < -0.39 is 30.3 Å². The highest BCUT2D eigenvalue weighted by Gasteiger charge is 2.38. The van der Waals surface area contributed by atoms with Gasteiger partial charge < -0.3 is 25.0 Å². The summed E-state index contributed by atoms with van der Waals surface area (Å²) < 4.78 is 51.4. The maximum Gasteiger partial charge on any atom is 0.490 e. The quantitative estimate of drug-likeness (QED) is 0.406. The molecule has 0 spiro atoms. The molecule has 1 aliphatic rings. The van der Waals surface area contributed by atoms with E-state index in [1.54, 1.807) is 19.2 Å². The predicted octanol–water partition coefficient (Wildman–Crippen LogP) is 2.71. The highest BCUT2D eigenvalue weighted by atomic mass is 19.4. The lowest BCUT2D eigenvalue weighted by molar-refractivity contribution is -0.192. The van der Waals surface area contributed by atoms with E-state index in [1.165, 1.54) is 15.5 Å². The van der Waals surface area contributed by atoms with E-state index in [0.29, 0.717) is 13.0 Å². The van der Waals surface area contributed by atoms with Gasteiger partial charge in [0, 0.05) is 24.7 Å². The summed E-state index contributed by atoms with van der Waals surface area (Å²) in [6.45, 7) is 4.20. The summed E-state index contributed by atoms with van der Waals surface area (Å²) in [5.74, 6) is -3.70. The number of aliphatic carboxylic acids is 1. The van der Waals surface area contributed by atoms with Gasteiger partial charge in [-0.05, 0) is 36.1 Å². The van der Waals surface area contributed by atoms with Crippen molar-refractivity contribution in [3.63, 3.8) is 0 Å².